The lowest BCUT2D eigenvalue weighted by atomic mass is 9.90. The number of nitrogens with one attached hydrogen (secondary N) is 1. The summed E-state index contributed by atoms with van der Waals surface area (Å²) in [5.41, 5.74) is -7.58. The van der Waals surface area contributed by atoms with Crippen LogP contribution in [0.5, 0.6) is 0 Å². The summed E-state index contributed by atoms with van der Waals surface area (Å²) in [6.45, 7) is 0.548. The molecule has 0 aromatic heterocycles. The smallest absolute Gasteiger partial charge is 0.463 e. The molecule has 1 rings (SSSR count). The molecule has 142 valence electrons. The Morgan fingerprint density at radius 1 is 1.23 bits per heavy atom. The van der Waals surface area contributed by atoms with Crippen LogP contribution >= 0.6 is 0 Å². The number of hydrogen-bond donors (Lipinski definition) is 2. The van der Waals surface area contributed by atoms with E-state index in [0.717, 1.165) is 18.3 Å². The first-order chi connectivity index (χ1) is 11.8. The van der Waals surface area contributed by atoms with Crippen LogP contribution in [0.25, 0.3) is 0 Å². The van der Waals surface area contributed by atoms with Gasteiger partial charge >= 0.3 is 24.2 Å². The second-order valence-electron chi connectivity index (χ2n) is 4.75. The van der Waals surface area contributed by atoms with Crippen molar-refractivity contribution >= 4 is 17.6 Å². The van der Waals surface area contributed by atoms with Gasteiger partial charge in [-0.25, -0.2) is 4.79 Å². The second-order valence-corrected chi connectivity index (χ2v) is 4.75. The Hall–Kier alpha value is -2.81. The lowest BCUT2D eigenvalue weighted by molar-refractivity contribution is -0.267. The number of esters is 1. The van der Waals surface area contributed by atoms with Crippen molar-refractivity contribution in [3.8, 4) is 6.07 Å². The highest BCUT2D eigenvalue weighted by molar-refractivity contribution is 5.97. The van der Waals surface area contributed by atoms with Crippen LogP contribution in [-0.4, -0.2) is 35.9 Å². The molecule has 0 heterocycles. The van der Waals surface area contributed by atoms with Gasteiger partial charge in [-0.3, -0.25) is 4.79 Å². The van der Waals surface area contributed by atoms with E-state index >= 15 is 0 Å². The summed E-state index contributed by atoms with van der Waals surface area (Å²) in [6.07, 6.45) is -11.2. The third kappa shape index (κ3) is 4.05. The Balaban J connectivity index is 3.66. The highest BCUT2D eigenvalue weighted by atomic mass is 19.4. The third-order valence-corrected chi connectivity index (χ3v) is 3.03. The molecular weight excluding hydrogens is 374 g/mol. The van der Waals surface area contributed by atoms with E-state index in [1.54, 1.807) is 0 Å². The fourth-order valence-corrected chi connectivity index (χ4v) is 1.83. The monoisotopic (exact) mass is 384 g/mol. The molecule has 0 fully saturated rings. The quantitative estimate of drug-likeness (QED) is 0.613. The number of carbonyl (C=O) groups is 2. The van der Waals surface area contributed by atoms with Crippen molar-refractivity contribution in [2.24, 2.45) is 0 Å². The predicted molar refractivity (Wildman–Crippen MR) is 72.4 cm³/mol. The van der Waals surface area contributed by atoms with Gasteiger partial charge in [0.05, 0.1) is 18.2 Å². The van der Waals surface area contributed by atoms with Crippen molar-refractivity contribution in [2.75, 3.05) is 11.9 Å². The summed E-state index contributed by atoms with van der Waals surface area (Å²) >= 11 is 0. The Morgan fingerprint density at radius 2 is 1.81 bits per heavy atom. The topological polar surface area (TPSA) is 99.4 Å². The first kappa shape index (κ1) is 21.2. The molecule has 1 amide bonds. The van der Waals surface area contributed by atoms with Crippen molar-refractivity contribution < 1.29 is 45.8 Å². The van der Waals surface area contributed by atoms with Crippen LogP contribution in [0.3, 0.4) is 0 Å². The van der Waals surface area contributed by atoms with E-state index < -0.39 is 53.3 Å². The number of ether oxygens (including phenoxy) is 1. The van der Waals surface area contributed by atoms with E-state index in [0.29, 0.717) is 12.1 Å². The molecule has 0 saturated carbocycles. The summed E-state index contributed by atoms with van der Waals surface area (Å²) in [5, 5.41) is 19.9. The number of nitriles is 1. The van der Waals surface area contributed by atoms with Gasteiger partial charge < -0.3 is 15.2 Å². The van der Waals surface area contributed by atoms with Gasteiger partial charge in [-0.1, -0.05) is 0 Å². The number of rotatable bonds is 4. The number of benzene rings is 1. The summed E-state index contributed by atoms with van der Waals surface area (Å²) in [4.78, 5) is 22.8. The lowest BCUT2D eigenvalue weighted by Crippen LogP contribution is -2.50. The zero-order chi connectivity index (χ0) is 20.3. The second kappa shape index (κ2) is 7.20. The van der Waals surface area contributed by atoms with Gasteiger partial charge in [-0.15, -0.1) is 0 Å². The fraction of sp³-hybridized carbons (Fsp3) is 0.357. The van der Waals surface area contributed by atoms with Gasteiger partial charge in [-0.05, 0) is 25.1 Å². The molecule has 0 spiro atoms. The number of aliphatic hydroxyl groups is 1. The van der Waals surface area contributed by atoms with Gasteiger partial charge in [-0.2, -0.15) is 31.6 Å². The van der Waals surface area contributed by atoms with Crippen LogP contribution in [0.4, 0.5) is 32.0 Å². The van der Waals surface area contributed by atoms with Crippen molar-refractivity contribution in [1.29, 1.82) is 5.26 Å². The first-order valence-corrected chi connectivity index (χ1v) is 6.68. The fourth-order valence-electron chi connectivity index (χ4n) is 1.83. The maximum atomic E-state index is 13.4. The SMILES string of the molecule is CCOC(=O)C(O)(c1cc(C#N)ccc1NC(=O)C(F)(F)F)C(F)(F)F. The number of alkyl halides is 6. The van der Waals surface area contributed by atoms with E-state index in [1.807, 2.05) is 0 Å². The molecule has 0 aliphatic heterocycles. The number of hydrogen-bond acceptors (Lipinski definition) is 5. The summed E-state index contributed by atoms with van der Waals surface area (Å²) in [7, 11) is 0. The van der Waals surface area contributed by atoms with Crippen LogP contribution in [0.2, 0.25) is 0 Å². The van der Waals surface area contributed by atoms with Crippen LogP contribution < -0.4 is 5.32 Å². The molecular formula is C14H10F6N2O4. The molecule has 0 saturated heterocycles. The van der Waals surface area contributed by atoms with Crippen LogP contribution in [0, 0.1) is 11.3 Å². The Morgan fingerprint density at radius 3 is 2.23 bits per heavy atom. The highest BCUT2D eigenvalue weighted by Gasteiger charge is 2.63. The summed E-state index contributed by atoms with van der Waals surface area (Å²) in [6, 6.07) is 3.05. The van der Waals surface area contributed by atoms with Crippen LogP contribution in [0.15, 0.2) is 18.2 Å². The van der Waals surface area contributed by atoms with Crippen molar-refractivity contribution in [2.45, 2.75) is 24.9 Å². The predicted octanol–water partition coefficient (Wildman–Crippen LogP) is 2.37. The molecule has 0 radical (unpaired) electrons. The highest BCUT2D eigenvalue weighted by Crippen LogP contribution is 2.43. The number of halogens is 6. The Bertz CT molecular complexity index is 753. The molecule has 1 atom stereocenters. The minimum atomic E-state index is -5.73. The van der Waals surface area contributed by atoms with Gasteiger partial charge in [0.15, 0.2) is 0 Å². The molecule has 0 aliphatic carbocycles. The molecule has 1 unspecified atom stereocenters. The standard InChI is InChI=1S/C14H10F6N2O4/c1-2-26-11(24)12(25,14(18,19)20)8-5-7(6-21)3-4-9(8)22-10(23)13(15,16)17/h3-5,25H,2H2,1H3,(H,22,23). The first-order valence-electron chi connectivity index (χ1n) is 6.68. The largest absolute Gasteiger partial charge is 0.471 e. The molecule has 0 bridgehead atoms. The minimum Gasteiger partial charge on any atom is -0.463 e. The van der Waals surface area contributed by atoms with Crippen molar-refractivity contribution in [1.82, 2.24) is 0 Å². The average molecular weight is 384 g/mol. The molecule has 0 aliphatic rings. The maximum absolute atomic E-state index is 13.4. The van der Waals surface area contributed by atoms with E-state index in [9.17, 15) is 41.0 Å². The average Bonchev–Trinajstić information content (AvgIpc) is 2.52. The maximum Gasteiger partial charge on any atom is 0.471 e. The zero-order valence-electron chi connectivity index (χ0n) is 12.8. The minimum absolute atomic E-state index is 0.330. The number of anilines is 1. The van der Waals surface area contributed by atoms with E-state index in [1.165, 1.54) is 6.07 Å². The van der Waals surface area contributed by atoms with Crippen molar-refractivity contribution in [3.63, 3.8) is 0 Å². The molecule has 2 N–H and O–H groups in total. The molecule has 1 aromatic rings. The zero-order valence-corrected chi connectivity index (χ0v) is 12.8. The van der Waals surface area contributed by atoms with E-state index in [4.69, 9.17) is 5.26 Å². The molecule has 6 nitrogen and oxygen atoms in total. The van der Waals surface area contributed by atoms with Gasteiger partial charge in [0.1, 0.15) is 0 Å². The van der Waals surface area contributed by atoms with Gasteiger partial charge in [0.2, 0.25) is 0 Å². The van der Waals surface area contributed by atoms with Gasteiger partial charge in [0.25, 0.3) is 5.60 Å². The van der Waals surface area contributed by atoms with Crippen LogP contribution in [0.1, 0.15) is 18.1 Å². The van der Waals surface area contributed by atoms with E-state index in [2.05, 4.69) is 4.74 Å². The summed E-state index contributed by atoms with van der Waals surface area (Å²) in [5.74, 6) is -4.87. The number of carbonyl (C=O) groups excluding carboxylic acids is 2. The van der Waals surface area contributed by atoms with Crippen molar-refractivity contribution in [3.05, 3.63) is 29.3 Å². The summed E-state index contributed by atoms with van der Waals surface area (Å²) < 4.78 is 81.5. The lowest BCUT2D eigenvalue weighted by Gasteiger charge is -2.30. The van der Waals surface area contributed by atoms with Gasteiger partial charge in [0, 0.05) is 11.3 Å². The Kier molecular flexibility index (Phi) is 5.88. The molecule has 1 aromatic carbocycles. The van der Waals surface area contributed by atoms with E-state index in [-0.39, 0.29) is 0 Å². The number of amides is 1. The molecule has 12 heteroatoms. The normalized spacial score (nSPS) is 14.1. The number of nitrogens with zero attached hydrogens (tertiary/aromatic N) is 1. The van der Waals surface area contributed by atoms with Crippen LogP contribution in [-0.2, 0) is 19.9 Å². The third-order valence-electron chi connectivity index (χ3n) is 3.03. The molecule has 26 heavy (non-hydrogen) atoms. The Labute approximate surface area is 142 Å².